The standard InChI is InChI=1S/C21H18.2C7H7.Zr/c1-21(2,15-9-3-4-10-15)20-18-13-7-5-11-16(18)17-12-6-8-14-19(17)20;2*1-7-5-3-2-4-6-7;/h3-14H,1-2H3;2*2-6H,1H2;/q-6;2*-1;. The number of benzene rings is 4. The Balaban J connectivity index is 0.000000198. The van der Waals surface area contributed by atoms with Crippen LogP contribution in [0.5, 0.6) is 0 Å². The van der Waals surface area contributed by atoms with Gasteiger partial charge in [0.15, 0.2) is 0 Å². The number of fused-ring (bicyclic) bond motifs is 3. The van der Waals surface area contributed by atoms with E-state index >= 15 is 0 Å². The molecule has 0 N–H and O–H groups in total. The van der Waals surface area contributed by atoms with Crippen molar-refractivity contribution in [1.29, 1.82) is 0 Å². The molecule has 0 aliphatic heterocycles. The Bertz CT molecular complexity index is 1360. The minimum Gasteiger partial charge on any atom is -0.748 e. The minimum atomic E-state index is 0. The molecule has 6 aromatic rings. The van der Waals surface area contributed by atoms with Crippen LogP contribution in [0.1, 0.15) is 36.1 Å². The average Bonchev–Trinajstić information content (AvgIpc) is 3.54. The van der Waals surface area contributed by atoms with E-state index in [1.807, 2.05) is 60.7 Å². The van der Waals surface area contributed by atoms with Crippen molar-refractivity contribution in [3.05, 3.63) is 170 Å². The molecule has 0 radical (unpaired) electrons. The summed E-state index contributed by atoms with van der Waals surface area (Å²) in [7, 11) is 0. The van der Waals surface area contributed by atoms with Gasteiger partial charge in [0.2, 0.25) is 0 Å². The molecule has 0 bridgehead atoms. The Morgan fingerprint density at radius 3 is 1.28 bits per heavy atom. The van der Waals surface area contributed by atoms with Crippen molar-refractivity contribution >= 4 is 21.5 Å². The summed E-state index contributed by atoms with van der Waals surface area (Å²) < 4.78 is 0. The molecule has 0 aliphatic rings. The molecular formula is C35H32Zr-8. The fourth-order valence-corrected chi connectivity index (χ4v) is 4.58. The largest absolute Gasteiger partial charge is 0.748 e. The normalized spacial score (nSPS) is 10.5. The van der Waals surface area contributed by atoms with Crippen molar-refractivity contribution in [2.24, 2.45) is 0 Å². The first-order valence-corrected chi connectivity index (χ1v) is 12.0. The van der Waals surface area contributed by atoms with E-state index in [2.05, 4.69) is 100 Å². The molecule has 0 saturated carbocycles. The van der Waals surface area contributed by atoms with Crippen molar-refractivity contribution < 1.29 is 26.2 Å². The molecule has 6 aromatic carbocycles. The van der Waals surface area contributed by atoms with Gasteiger partial charge in [-0.25, -0.2) is 5.41 Å². The molecule has 36 heavy (non-hydrogen) atoms. The Labute approximate surface area is 235 Å². The van der Waals surface area contributed by atoms with Gasteiger partial charge in [0.05, 0.1) is 0 Å². The van der Waals surface area contributed by atoms with Crippen LogP contribution in [0, 0.1) is 13.8 Å². The molecule has 0 unspecified atom stereocenters. The molecule has 0 atom stereocenters. The number of rotatable bonds is 2. The summed E-state index contributed by atoms with van der Waals surface area (Å²) >= 11 is 0. The summed E-state index contributed by atoms with van der Waals surface area (Å²) in [5, 5.41) is 5.49. The van der Waals surface area contributed by atoms with Crippen LogP contribution < -0.4 is 0 Å². The molecule has 1 heteroatoms. The van der Waals surface area contributed by atoms with Gasteiger partial charge in [-0.05, 0) is 0 Å². The van der Waals surface area contributed by atoms with Crippen molar-refractivity contribution in [3.8, 4) is 0 Å². The zero-order valence-electron chi connectivity index (χ0n) is 21.1. The second-order valence-corrected chi connectivity index (χ2v) is 9.24. The van der Waals surface area contributed by atoms with Gasteiger partial charge in [-0.1, -0.05) is 62.4 Å². The van der Waals surface area contributed by atoms with Crippen LogP contribution in [-0.4, -0.2) is 0 Å². The van der Waals surface area contributed by atoms with Gasteiger partial charge >= 0.3 is 0 Å². The molecule has 0 spiro atoms. The number of hydrogen-bond donors (Lipinski definition) is 0. The van der Waals surface area contributed by atoms with Gasteiger partial charge in [0.1, 0.15) is 0 Å². The minimum absolute atomic E-state index is 0. The van der Waals surface area contributed by atoms with Gasteiger partial charge in [0, 0.05) is 26.2 Å². The molecule has 0 heterocycles. The van der Waals surface area contributed by atoms with E-state index in [4.69, 9.17) is 0 Å². The van der Waals surface area contributed by atoms with Gasteiger partial charge in [-0.2, -0.15) is 49.2 Å². The molecule has 0 saturated heterocycles. The maximum absolute atomic E-state index is 3.72. The second-order valence-electron chi connectivity index (χ2n) is 9.24. The Morgan fingerprint density at radius 2 is 0.917 bits per heavy atom. The first-order valence-electron chi connectivity index (χ1n) is 12.0. The molecule has 6 rings (SSSR count). The predicted molar refractivity (Wildman–Crippen MR) is 153 cm³/mol. The van der Waals surface area contributed by atoms with Crippen LogP contribution in [0.3, 0.4) is 0 Å². The molecule has 0 fully saturated rings. The van der Waals surface area contributed by atoms with Crippen molar-refractivity contribution in [2.75, 3.05) is 0 Å². The Kier molecular flexibility index (Phi) is 9.57. The van der Waals surface area contributed by atoms with Gasteiger partial charge in [0.25, 0.3) is 0 Å². The van der Waals surface area contributed by atoms with Crippen LogP contribution >= 0.6 is 0 Å². The Morgan fingerprint density at radius 1 is 0.556 bits per heavy atom. The van der Waals surface area contributed by atoms with Crippen LogP contribution in [0.25, 0.3) is 21.5 Å². The molecule has 0 amide bonds. The van der Waals surface area contributed by atoms with Crippen LogP contribution in [0.15, 0.2) is 133 Å². The summed E-state index contributed by atoms with van der Waals surface area (Å²) in [6.45, 7) is 12.1. The molecule has 184 valence electrons. The van der Waals surface area contributed by atoms with Crippen LogP contribution in [-0.2, 0) is 31.6 Å². The van der Waals surface area contributed by atoms with E-state index in [-0.39, 0.29) is 31.6 Å². The number of hydrogen-bond acceptors (Lipinski definition) is 0. The van der Waals surface area contributed by atoms with Crippen molar-refractivity contribution in [1.82, 2.24) is 0 Å². The van der Waals surface area contributed by atoms with E-state index in [1.165, 1.54) is 32.7 Å². The van der Waals surface area contributed by atoms with Crippen molar-refractivity contribution in [2.45, 2.75) is 19.3 Å². The third-order valence-electron chi connectivity index (χ3n) is 6.38. The fourth-order valence-electron chi connectivity index (χ4n) is 4.58. The van der Waals surface area contributed by atoms with Gasteiger partial charge in [-0.3, -0.25) is 0 Å². The van der Waals surface area contributed by atoms with E-state index < -0.39 is 0 Å². The van der Waals surface area contributed by atoms with E-state index in [0.29, 0.717) is 0 Å². The fraction of sp³-hybridized carbons (Fsp3) is 0.0857. The quantitative estimate of drug-likeness (QED) is 0.191. The summed E-state index contributed by atoms with van der Waals surface area (Å²) in [6, 6.07) is 46.0. The predicted octanol–water partition coefficient (Wildman–Crippen LogP) is 9.49. The smallest absolute Gasteiger partial charge is 0 e. The maximum Gasteiger partial charge on any atom is 0 e. The molecule has 0 aliphatic carbocycles. The van der Waals surface area contributed by atoms with Gasteiger partial charge in [-0.15, -0.1) is 63.5 Å². The zero-order valence-corrected chi connectivity index (χ0v) is 23.6. The topological polar surface area (TPSA) is 0 Å². The Hall–Kier alpha value is -3.28. The van der Waals surface area contributed by atoms with Crippen LogP contribution in [0.4, 0.5) is 0 Å². The monoisotopic (exact) mass is 542 g/mol. The van der Waals surface area contributed by atoms with E-state index in [0.717, 1.165) is 11.1 Å². The SMILES string of the molecule is CC(C)([c-]1[cH-][cH-][cH-][cH-]1)[c-]1c2ccccc2c2ccccc21.[CH2-]c1ccccc1.[CH2-]c1ccccc1.[Zr]. The van der Waals surface area contributed by atoms with Crippen molar-refractivity contribution in [3.63, 3.8) is 0 Å². The summed E-state index contributed by atoms with van der Waals surface area (Å²) in [4.78, 5) is 0. The first kappa shape index (κ1) is 27.3. The second kappa shape index (κ2) is 12.6. The average molecular weight is 544 g/mol. The summed E-state index contributed by atoms with van der Waals surface area (Å²) in [5.74, 6) is 0. The van der Waals surface area contributed by atoms with E-state index in [1.54, 1.807) is 0 Å². The summed E-state index contributed by atoms with van der Waals surface area (Å²) in [5.41, 5.74) is 4.97. The third-order valence-corrected chi connectivity index (χ3v) is 6.38. The van der Waals surface area contributed by atoms with Gasteiger partial charge < -0.3 is 29.8 Å². The first-order chi connectivity index (χ1) is 17.0. The third kappa shape index (κ3) is 6.28. The molecular weight excluding hydrogens is 512 g/mol. The summed E-state index contributed by atoms with van der Waals surface area (Å²) in [6.07, 6.45) is 0. The molecule has 0 aromatic heterocycles. The molecule has 0 nitrogen and oxygen atoms in total. The van der Waals surface area contributed by atoms with Crippen LogP contribution in [0.2, 0.25) is 0 Å². The van der Waals surface area contributed by atoms with E-state index in [9.17, 15) is 0 Å². The zero-order chi connectivity index (χ0) is 24.7. The maximum atomic E-state index is 3.72.